The number of anilines is 1. The lowest BCUT2D eigenvalue weighted by atomic mass is 9.81. The smallest absolute Gasteiger partial charge is 0.233 e. The maximum absolute atomic E-state index is 13.5. The minimum Gasteiger partial charge on any atom is -0.489 e. The Hall–Kier alpha value is -3.71. The van der Waals surface area contributed by atoms with Gasteiger partial charge in [0.25, 0.3) is 0 Å². The maximum atomic E-state index is 13.5. The van der Waals surface area contributed by atoms with Crippen LogP contribution in [0.1, 0.15) is 68.1 Å². The van der Waals surface area contributed by atoms with E-state index in [1.54, 1.807) is 12.4 Å². The Morgan fingerprint density at radius 2 is 1.65 bits per heavy atom. The van der Waals surface area contributed by atoms with Crippen LogP contribution in [0.25, 0.3) is 0 Å². The van der Waals surface area contributed by atoms with Crippen molar-refractivity contribution in [1.82, 2.24) is 10.3 Å². The van der Waals surface area contributed by atoms with Crippen molar-refractivity contribution in [3.05, 3.63) is 89.7 Å². The van der Waals surface area contributed by atoms with Gasteiger partial charge in [-0.05, 0) is 104 Å². The number of hydrogen-bond acceptors (Lipinski definition) is 5. The van der Waals surface area contributed by atoms with Crippen LogP contribution in [0.4, 0.5) is 5.69 Å². The lowest BCUT2D eigenvalue weighted by Crippen LogP contribution is -2.39. The minimum atomic E-state index is -0.543. The molecule has 7 heteroatoms. The highest BCUT2D eigenvalue weighted by molar-refractivity contribution is 5.96. The Kier molecular flexibility index (Phi) is 11.1. The topological polar surface area (TPSA) is 106 Å². The van der Waals surface area contributed by atoms with Crippen molar-refractivity contribution in [1.29, 1.82) is 0 Å². The fourth-order valence-electron chi connectivity index (χ4n) is 5.18. The van der Waals surface area contributed by atoms with Gasteiger partial charge in [0.2, 0.25) is 11.8 Å². The number of aromatic nitrogens is 1. The molecule has 4 rings (SSSR count). The summed E-state index contributed by atoms with van der Waals surface area (Å²) in [6, 6.07) is 19.4. The summed E-state index contributed by atoms with van der Waals surface area (Å²) in [5, 5.41) is 6.14. The Bertz CT molecular complexity index is 1190. The van der Waals surface area contributed by atoms with E-state index in [4.69, 9.17) is 10.5 Å². The van der Waals surface area contributed by atoms with Crippen LogP contribution in [-0.2, 0) is 22.6 Å². The third-order valence-electron chi connectivity index (χ3n) is 7.83. The lowest BCUT2D eigenvalue weighted by Gasteiger charge is -2.27. The molecule has 1 aliphatic rings. The van der Waals surface area contributed by atoms with E-state index in [-0.39, 0.29) is 24.3 Å². The molecule has 4 N–H and O–H groups in total. The van der Waals surface area contributed by atoms with Gasteiger partial charge in [-0.2, -0.15) is 0 Å². The van der Waals surface area contributed by atoms with Crippen LogP contribution in [0.5, 0.6) is 5.75 Å². The molecule has 0 spiro atoms. The Balaban J connectivity index is 1.42. The Morgan fingerprint density at radius 3 is 2.30 bits per heavy atom. The zero-order valence-electron chi connectivity index (χ0n) is 23.5. The SMILES string of the molecule is CCCCc1ccc(NC(=O)C(CNC(=O)C2CCC(CN)CC2)c2ccc(OCc3ccncc3)cc2)cc1. The zero-order valence-corrected chi connectivity index (χ0v) is 23.5. The Morgan fingerprint density at radius 1 is 0.950 bits per heavy atom. The number of carbonyl (C=O) groups is 2. The fourth-order valence-corrected chi connectivity index (χ4v) is 5.18. The van der Waals surface area contributed by atoms with Gasteiger partial charge in [0.05, 0.1) is 5.92 Å². The number of ether oxygens (including phenoxy) is 1. The standard InChI is InChI=1S/C33H42N4O3/c1-2-3-4-24-7-13-29(14-8-24)37-33(39)31(22-36-32(38)28-9-5-25(21-34)6-10-28)27-11-15-30(16-12-27)40-23-26-17-19-35-20-18-26/h7-8,11-20,25,28,31H,2-6,9-10,21-23,34H2,1H3,(H,36,38)(H,37,39). The molecule has 0 saturated heterocycles. The summed E-state index contributed by atoms with van der Waals surface area (Å²) in [7, 11) is 0. The second-order valence-electron chi connectivity index (χ2n) is 10.8. The summed E-state index contributed by atoms with van der Waals surface area (Å²) < 4.78 is 5.91. The molecule has 3 aromatic rings. The molecular formula is C33H42N4O3. The summed E-state index contributed by atoms with van der Waals surface area (Å²) in [6.07, 6.45) is 10.4. The molecule has 1 saturated carbocycles. The van der Waals surface area contributed by atoms with Crippen LogP contribution in [0.3, 0.4) is 0 Å². The van der Waals surface area contributed by atoms with E-state index in [1.165, 1.54) is 5.56 Å². The van der Waals surface area contributed by atoms with Gasteiger partial charge in [0.1, 0.15) is 12.4 Å². The Labute approximate surface area is 237 Å². The van der Waals surface area contributed by atoms with Crippen molar-refractivity contribution < 1.29 is 14.3 Å². The number of nitrogens with one attached hydrogen (secondary N) is 2. The maximum Gasteiger partial charge on any atom is 0.233 e. The highest BCUT2D eigenvalue weighted by atomic mass is 16.5. The number of unbranched alkanes of at least 4 members (excludes halogenated alkanes) is 1. The minimum absolute atomic E-state index is 0.0193. The van der Waals surface area contributed by atoms with E-state index in [9.17, 15) is 9.59 Å². The van der Waals surface area contributed by atoms with Crippen LogP contribution in [0.15, 0.2) is 73.1 Å². The van der Waals surface area contributed by atoms with E-state index in [0.29, 0.717) is 24.8 Å². The molecular weight excluding hydrogens is 500 g/mol. The number of carbonyl (C=O) groups excluding carboxylic acids is 2. The van der Waals surface area contributed by atoms with Crippen molar-refractivity contribution in [2.24, 2.45) is 17.6 Å². The van der Waals surface area contributed by atoms with Gasteiger partial charge in [-0.3, -0.25) is 14.6 Å². The molecule has 1 heterocycles. The van der Waals surface area contributed by atoms with E-state index in [1.807, 2.05) is 48.5 Å². The molecule has 212 valence electrons. The molecule has 1 fully saturated rings. The number of aryl methyl sites for hydroxylation is 1. The molecule has 0 aliphatic heterocycles. The number of benzene rings is 2. The van der Waals surface area contributed by atoms with Crippen LogP contribution in [0.2, 0.25) is 0 Å². The van der Waals surface area contributed by atoms with Crippen molar-refractivity contribution in [2.75, 3.05) is 18.4 Å². The molecule has 7 nitrogen and oxygen atoms in total. The highest BCUT2D eigenvalue weighted by Gasteiger charge is 2.28. The number of amides is 2. The first-order chi connectivity index (χ1) is 19.6. The van der Waals surface area contributed by atoms with Gasteiger partial charge in [0, 0.05) is 30.5 Å². The molecule has 1 atom stereocenters. The van der Waals surface area contributed by atoms with Gasteiger partial charge in [-0.15, -0.1) is 0 Å². The molecule has 0 bridgehead atoms. The van der Waals surface area contributed by atoms with E-state index in [0.717, 1.165) is 61.8 Å². The summed E-state index contributed by atoms with van der Waals surface area (Å²) in [6.45, 7) is 3.52. The molecule has 1 aliphatic carbocycles. The van der Waals surface area contributed by atoms with Gasteiger partial charge in [-0.25, -0.2) is 0 Å². The third kappa shape index (κ3) is 8.65. The molecule has 1 unspecified atom stereocenters. The van der Waals surface area contributed by atoms with Gasteiger partial charge in [0.15, 0.2) is 0 Å². The van der Waals surface area contributed by atoms with Crippen molar-refractivity contribution in [2.45, 2.75) is 64.4 Å². The lowest BCUT2D eigenvalue weighted by molar-refractivity contribution is -0.126. The molecule has 2 aromatic carbocycles. The van der Waals surface area contributed by atoms with Crippen LogP contribution in [-0.4, -0.2) is 29.9 Å². The van der Waals surface area contributed by atoms with E-state index >= 15 is 0 Å². The normalized spacial score (nSPS) is 17.6. The average Bonchev–Trinajstić information content (AvgIpc) is 3.01. The number of nitrogens with two attached hydrogens (primary N) is 1. The predicted molar refractivity (Wildman–Crippen MR) is 159 cm³/mol. The third-order valence-corrected chi connectivity index (χ3v) is 7.83. The molecule has 40 heavy (non-hydrogen) atoms. The first kappa shape index (κ1) is 29.3. The van der Waals surface area contributed by atoms with E-state index in [2.05, 4.69) is 34.7 Å². The highest BCUT2D eigenvalue weighted by Crippen LogP contribution is 2.29. The zero-order chi connectivity index (χ0) is 28.2. The molecule has 2 amide bonds. The number of rotatable bonds is 13. The van der Waals surface area contributed by atoms with Crippen molar-refractivity contribution in [3.8, 4) is 5.75 Å². The first-order valence-corrected chi connectivity index (χ1v) is 14.5. The monoisotopic (exact) mass is 542 g/mol. The number of hydrogen-bond donors (Lipinski definition) is 3. The van der Waals surface area contributed by atoms with Crippen molar-refractivity contribution >= 4 is 17.5 Å². The van der Waals surface area contributed by atoms with Crippen LogP contribution < -0.4 is 21.1 Å². The molecule has 1 aromatic heterocycles. The van der Waals surface area contributed by atoms with E-state index < -0.39 is 5.92 Å². The number of nitrogens with zero attached hydrogens (tertiary/aromatic N) is 1. The predicted octanol–water partition coefficient (Wildman–Crippen LogP) is 5.61. The first-order valence-electron chi connectivity index (χ1n) is 14.5. The fraction of sp³-hybridized carbons (Fsp3) is 0.424. The largest absolute Gasteiger partial charge is 0.489 e. The molecule has 0 radical (unpaired) electrons. The average molecular weight is 543 g/mol. The summed E-state index contributed by atoms with van der Waals surface area (Å²) >= 11 is 0. The van der Waals surface area contributed by atoms with Gasteiger partial charge >= 0.3 is 0 Å². The summed E-state index contributed by atoms with van der Waals surface area (Å²) in [5.41, 5.74) is 9.67. The second-order valence-corrected chi connectivity index (χ2v) is 10.8. The van der Waals surface area contributed by atoms with Crippen LogP contribution in [0, 0.1) is 11.8 Å². The summed E-state index contributed by atoms with van der Waals surface area (Å²) in [5.74, 6) is 0.521. The van der Waals surface area contributed by atoms with Crippen molar-refractivity contribution in [3.63, 3.8) is 0 Å². The van der Waals surface area contributed by atoms with Gasteiger partial charge in [-0.1, -0.05) is 37.6 Å². The van der Waals surface area contributed by atoms with Gasteiger partial charge < -0.3 is 21.1 Å². The summed E-state index contributed by atoms with van der Waals surface area (Å²) in [4.78, 5) is 30.6. The number of pyridine rings is 1. The second kappa shape index (κ2) is 15.2. The quantitative estimate of drug-likeness (QED) is 0.260. The van der Waals surface area contributed by atoms with Crippen LogP contribution >= 0.6 is 0 Å².